The monoisotopic (exact) mass is 446 g/mol. The molecule has 0 bridgehead atoms. The molecule has 1 N–H and O–H groups in total. The van der Waals surface area contributed by atoms with Crippen molar-refractivity contribution in [2.45, 2.75) is 38.0 Å². The third-order valence-electron chi connectivity index (χ3n) is 5.17. The van der Waals surface area contributed by atoms with E-state index in [-0.39, 0.29) is 17.4 Å². The molecular weight excluding hydrogens is 416 g/mol. The van der Waals surface area contributed by atoms with Crippen LogP contribution in [0.5, 0.6) is 5.75 Å². The van der Waals surface area contributed by atoms with Gasteiger partial charge in [0.2, 0.25) is 10.0 Å². The van der Waals surface area contributed by atoms with E-state index in [1.54, 1.807) is 19.1 Å². The molecule has 8 heteroatoms. The summed E-state index contributed by atoms with van der Waals surface area (Å²) in [6.45, 7) is 5.26. The average molecular weight is 447 g/mol. The summed E-state index contributed by atoms with van der Waals surface area (Å²) < 4.78 is 37.8. The van der Waals surface area contributed by atoms with Gasteiger partial charge in [-0.25, -0.2) is 8.42 Å². The molecule has 7 nitrogen and oxygen atoms in total. The summed E-state index contributed by atoms with van der Waals surface area (Å²) >= 11 is 0. The number of carbonyl (C=O) groups excluding carboxylic acids is 1. The predicted octanol–water partition coefficient (Wildman–Crippen LogP) is 3.38. The molecule has 0 saturated carbocycles. The van der Waals surface area contributed by atoms with Gasteiger partial charge >= 0.3 is 0 Å². The Morgan fingerprint density at radius 2 is 1.84 bits per heavy atom. The summed E-state index contributed by atoms with van der Waals surface area (Å²) in [6.07, 6.45) is 3.32. The Morgan fingerprint density at radius 3 is 2.48 bits per heavy atom. The Balaban J connectivity index is 1.56. The van der Waals surface area contributed by atoms with Crippen LogP contribution in [-0.4, -0.2) is 51.5 Å². The van der Waals surface area contributed by atoms with Gasteiger partial charge in [-0.15, -0.1) is 0 Å². The van der Waals surface area contributed by atoms with Crippen LogP contribution < -0.4 is 10.1 Å². The summed E-state index contributed by atoms with van der Waals surface area (Å²) in [6, 6.07) is 12.5. The quantitative estimate of drug-likeness (QED) is 0.638. The van der Waals surface area contributed by atoms with E-state index in [0.29, 0.717) is 37.6 Å². The summed E-state index contributed by atoms with van der Waals surface area (Å²) in [5.74, 6) is 0.205. The highest BCUT2D eigenvalue weighted by Gasteiger charge is 2.26. The van der Waals surface area contributed by atoms with Crippen LogP contribution in [0.25, 0.3) is 0 Å². The number of hydrogen-bond acceptors (Lipinski definition) is 5. The Bertz CT molecular complexity index is 984. The van der Waals surface area contributed by atoms with Gasteiger partial charge in [0.1, 0.15) is 5.75 Å². The van der Waals surface area contributed by atoms with Crippen LogP contribution in [0.3, 0.4) is 0 Å². The minimum absolute atomic E-state index is 0.159. The fourth-order valence-corrected chi connectivity index (χ4v) is 4.85. The van der Waals surface area contributed by atoms with E-state index in [1.165, 1.54) is 15.9 Å². The number of sulfonamides is 1. The highest BCUT2D eigenvalue weighted by atomic mass is 32.2. The Hall–Kier alpha value is -2.42. The molecule has 0 aromatic heterocycles. The lowest BCUT2D eigenvalue weighted by atomic mass is 10.1. The van der Waals surface area contributed by atoms with Crippen molar-refractivity contribution in [3.8, 4) is 5.75 Å². The highest BCUT2D eigenvalue weighted by Crippen LogP contribution is 2.24. The molecule has 0 atom stereocenters. The zero-order chi connectivity index (χ0) is 22.3. The molecule has 1 saturated heterocycles. The Morgan fingerprint density at radius 1 is 1.13 bits per heavy atom. The van der Waals surface area contributed by atoms with Gasteiger partial charge in [-0.05, 0) is 61.2 Å². The summed E-state index contributed by atoms with van der Waals surface area (Å²) in [4.78, 5) is 12.5. The zero-order valence-electron chi connectivity index (χ0n) is 18.1. The minimum atomic E-state index is -3.56. The first-order valence-electron chi connectivity index (χ1n) is 10.6. The van der Waals surface area contributed by atoms with Crippen LogP contribution in [0.2, 0.25) is 0 Å². The fraction of sp³-hybridized carbons (Fsp3) is 0.435. The standard InChI is InChI=1S/C23H30N2O5S/c1-3-4-5-19-6-8-20(9-7-19)24-23(26)17-30-22-11-10-21(16-18(22)2)31(27,28)25-12-14-29-15-13-25/h6-11,16H,3-5,12-15,17H2,1-2H3,(H,24,26). The van der Waals surface area contributed by atoms with E-state index in [9.17, 15) is 13.2 Å². The molecule has 1 amide bonds. The van der Waals surface area contributed by atoms with Crippen molar-refractivity contribution in [3.63, 3.8) is 0 Å². The normalized spacial score (nSPS) is 14.9. The molecular formula is C23H30N2O5S. The largest absolute Gasteiger partial charge is 0.483 e. The maximum Gasteiger partial charge on any atom is 0.262 e. The molecule has 2 aromatic rings. The Kier molecular flexibility index (Phi) is 8.06. The zero-order valence-corrected chi connectivity index (χ0v) is 18.9. The number of amides is 1. The maximum absolute atomic E-state index is 12.8. The predicted molar refractivity (Wildman–Crippen MR) is 120 cm³/mol. The maximum atomic E-state index is 12.8. The van der Waals surface area contributed by atoms with Crippen LogP contribution in [0.1, 0.15) is 30.9 Å². The van der Waals surface area contributed by atoms with Crippen LogP contribution in [0, 0.1) is 6.92 Å². The molecule has 0 unspecified atom stereocenters. The second-order valence-electron chi connectivity index (χ2n) is 7.58. The van der Waals surface area contributed by atoms with Crippen molar-refractivity contribution >= 4 is 21.6 Å². The lowest BCUT2D eigenvalue weighted by Gasteiger charge is -2.26. The number of morpholine rings is 1. The minimum Gasteiger partial charge on any atom is -0.483 e. The number of aryl methyl sites for hydroxylation is 2. The fourth-order valence-electron chi connectivity index (χ4n) is 3.36. The summed E-state index contributed by atoms with van der Waals surface area (Å²) in [7, 11) is -3.56. The molecule has 1 aliphatic rings. The summed E-state index contributed by atoms with van der Waals surface area (Å²) in [5, 5.41) is 2.82. The van der Waals surface area contributed by atoms with E-state index in [1.807, 2.05) is 24.3 Å². The third-order valence-corrected chi connectivity index (χ3v) is 7.06. The first kappa shape index (κ1) is 23.2. The third kappa shape index (κ3) is 6.29. The van der Waals surface area contributed by atoms with Crippen molar-refractivity contribution in [1.82, 2.24) is 4.31 Å². The number of ether oxygens (including phenoxy) is 2. The molecule has 1 fully saturated rings. The average Bonchev–Trinajstić information content (AvgIpc) is 2.78. The van der Waals surface area contributed by atoms with Gasteiger partial charge in [0, 0.05) is 18.8 Å². The molecule has 31 heavy (non-hydrogen) atoms. The number of hydrogen-bond donors (Lipinski definition) is 1. The number of nitrogens with zero attached hydrogens (tertiary/aromatic N) is 1. The lowest BCUT2D eigenvalue weighted by molar-refractivity contribution is -0.118. The second kappa shape index (κ2) is 10.7. The molecule has 2 aromatic carbocycles. The van der Waals surface area contributed by atoms with Crippen LogP contribution in [-0.2, 0) is 26.0 Å². The number of unbranched alkanes of at least 4 members (excludes halogenated alkanes) is 1. The summed E-state index contributed by atoms with van der Waals surface area (Å²) in [5.41, 5.74) is 2.62. The smallest absolute Gasteiger partial charge is 0.262 e. The number of rotatable bonds is 9. The van der Waals surface area contributed by atoms with Gasteiger partial charge in [-0.1, -0.05) is 25.5 Å². The lowest BCUT2D eigenvalue weighted by Crippen LogP contribution is -2.40. The van der Waals surface area contributed by atoms with Crippen molar-refractivity contribution < 1.29 is 22.7 Å². The van der Waals surface area contributed by atoms with Crippen LogP contribution in [0.4, 0.5) is 5.69 Å². The topological polar surface area (TPSA) is 84.9 Å². The molecule has 0 spiro atoms. The molecule has 0 radical (unpaired) electrons. The van der Waals surface area contributed by atoms with Gasteiger partial charge in [0.15, 0.2) is 6.61 Å². The number of carbonyl (C=O) groups is 1. The van der Waals surface area contributed by atoms with E-state index in [4.69, 9.17) is 9.47 Å². The van der Waals surface area contributed by atoms with Crippen LogP contribution in [0.15, 0.2) is 47.4 Å². The first-order chi connectivity index (χ1) is 14.9. The van der Waals surface area contributed by atoms with Crippen molar-refractivity contribution in [3.05, 3.63) is 53.6 Å². The number of benzene rings is 2. The van der Waals surface area contributed by atoms with Gasteiger partial charge < -0.3 is 14.8 Å². The van der Waals surface area contributed by atoms with Crippen molar-refractivity contribution in [2.24, 2.45) is 0 Å². The van der Waals surface area contributed by atoms with Crippen molar-refractivity contribution in [2.75, 3.05) is 38.2 Å². The SMILES string of the molecule is CCCCc1ccc(NC(=O)COc2ccc(S(=O)(=O)N3CCOCC3)cc2C)cc1. The van der Waals surface area contributed by atoms with E-state index in [2.05, 4.69) is 12.2 Å². The first-order valence-corrected chi connectivity index (χ1v) is 12.0. The second-order valence-corrected chi connectivity index (χ2v) is 9.52. The molecule has 1 heterocycles. The van der Waals surface area contributed by atoms with E-state index in [0.717, 1.165) is 24.9 Å². The molecule has 168 valence electrons. The van der Waals surface area contributed by atoms with E-state index >= 15 is 0 Å². The highest BCUT2D eigenvalue weighted by molar-refractivity contribution is 7.89. The molecule has 1 aliphatic heterocycles. The molecule has 0 aliphatic carbocycles. The van der Waals surface area contributed by atoms with Gasteiger partial charge in [-0.3, -0.25) is 4.79 Å². The van der Waals surface area contributed by atoms with Gasteiger partial charge in [0.05, 0.1) is 18.1 Å². The van der Waals surface area contributed by atoms with Crippen LogP contribution >= 0.6 is 0 Å². The van der Waals surface area contributed by atoms with Gasteiger partial charge in [-0.2, -0.15) is 4.31 Å². The number of nitrogens with one attached hydrogen (secondary N) is 1. The van der Waals surface area contributed by atoms with Crippen molar-refractivity contribution in [1.29, 1.82) is 0 Å². The Labute approximate surface area is 184 Å². The molecule has 3 rings (SSSR count). The van der Waals surface area contributed by atoms with Gasteiger partial charge in [0.25, 0.3) is 5.91 Å². The van der Waals surface area contributed by atoms with E-state index < -0.39 is 10.0 Å². The number of anilines is 1.